The third-order valence-corrected chi connectivity index (χ3v) is 7.01. The summed E-state index contributed by atoms with van der Waals surface area (Å²) in [5.74, 6) is 0.146. The average Bonchev–Trinajstić information content (AvgIpc) is 3.31. The summed E-state index contributed by atoms with van der Waals surface area (Å²) in [5.41, 5.74) is 3.79. The normalized spacial score (nSPS) is 15.6. The van der Waals surface area contributed by atoms with Crippen LogP contribution < -0.4 is 10.6 Å². The topological polar surface area (TPSA) is 79.3 Å². The molecule has 3 amide bonds. The number of benzene rings is 2. The third-order valence-electron chi connectivity index (χ3n) is 6.06. The summed E-state index contributed by atoms with van der Waals surface area (Å²) in [6.45, 7) is 5.90. The van der Waals surface area contributed by atoms with Crippen LogP contribution in [0.2, 0.25) is 0 Å². The number of amides is 3. The highest BCUT2D eigenvalue weighted by Gasteiger charge is 2.24. The number of carbonyl (C=O) groups excluding carboxylic acids is 2. The fourth-order valence-electron chi connectivity index (χ4n) is 4.21. The highest BCUT2D eigenvalue weighted by Crippen LogP contribution is 2.25. The van der Waals surface area contributed by atoms with Crippen LogP contribution in [0.1, 0.15) is 24.0 Å². The van der Waals surface area contributed by atoms with E-state index in [4.69, 9.17) is 0 Å². The lowest BCUT2D eigenvalue weighted by Gasteiger charge is -2.32. The first kappa shape index (κ1) is 24.8. The zero-order valence-electron chi connectivity index (χ0n) is 20.0. The van der Waals surface area contributed by atoms with Gasteiger partial charge in [0.15, 0.2) is 5.16 Å². The lowest BCUT2D eigenvalue weighted by molar-refractivity contribution is -0.130. The minimum Gasteiger partial charge on any atom is -0.342 e. The Bertz CT molecular complexity index is 1200. The maximum Gasteiger partial charge on any atom is 0.319 e. The van der Waals surface area contributed by atoms with Crippen LogP contribution in [0.4, 0.5) is 14.9 Å². The van der Waals surface area contributed by atoms with E-state index in [0.717, 1.165) is 35.8 Å². The molecule has 0 spiro atoms. The number of nitrogens with one attached hydrogen (secondary N) is 2. The molecule has 3 aromatic rings. The number of thioether (sulfide) groups is 1. The molecule has 1 atom stereocenters. The van der Waals surface area contributed by atoms with E-state index in [0.29, 0.717) is 24.5 Å². The van der Waals surface area contributed by atoms with Gasteiger partial charge in [0, 0.05) is 37.7 Å². The van der Waals surface area contributed by atoms with Gasteiger partial charge in [0.1, 0.15) is 5.82 Å². The molecule has 7 nitrogen and oxygen atoms in total. The molecule has 1 saturated heterocycles. The second-order valence-electron chi connectivity index (χ2n) is 8.85. The van der Waals surface area contributed by atoms with Crippen LogP contribution in [0.5, 0.6) is 0 Å². The maximum absolute atomic E-state index is 13.3. The van der Waals surface area contributed by atoms with Crippen LogP contribution in [0.25, 0.3) is 5.69 Å². The Morgan fingerprint density at radius 3 is 2.89 bits per heavy atom. The van der Waals surface area contributed by atoms with E-state index in [1.807, 2.05) is 15.7 Å². The van der Waals surface area contributed by atoms with Gasteiger partial charge >= 0.3 is 6.03 Å². The molecule has 1 aromatic heterocycles. The Hall–Kier alpha value is -3.33. The summed E-state index contributed by atoms with van der Waals surface area (Å²) in [7, 11) is 0. The van der Waals surface area contributed by atoms with E-state index in [2.05, 4.69) is 47.7 Å². The maximum atomic E-state index is 13.3. The van der Waals surface area contributed by atoms with Crippen LogP contribution in [-0.4, -0.2) is 51.8 Å². The summed E-state index contributed by atoms with van der Waals surface area (Å²) >= 11 is 1.44. The fraction of sp³-hybridized carbons (Fsp3) is 0.346. The molecule has 1 unspecified atom stereocenters. The molecule has 9 heteroatoms. The predicted molar refractivity (Wildman–Crippen MR) is 136 cm³/mol. The highest BCUT2D eigenvalue weighted by molar-refractivity contribution is 7.99. The van der Waals surface area contributed by atoms with Crippen molar-refractivity contribution in [3.8, 4) is 5.69 Å². The van der Waals surface area contributed by atoms with Gasteiger partial charge in [-0.15, -0.1) is 0 Å². The van der Waals surface area contributed by atoms with Crippen molar-refractivity contribution in [3.63, 3.8) is 0 Å². The minimum atomic E-state index is -0.404. The smallest absolute Gasteiger partial charge is 0.319 e. The molecule has 0 radical (unpaired) electrons. The molecule has 0 aliphatic carbocycles. The Labute approximate surface area is 209 Å². The second kappa shape index (κ2) is 11.4. The number of carbonyl (C=O) groups is 2. The number of hydrogen-bond donors (Lipinski definition) is 2. The van der Waals surface area contributed by atoms with E-state index in [9.17, 15) is 14.0 Å². The van der Waals surface area contributed by atoms with E-state index < -0.39 is 5.82 Å². The Morgan fingerprint density at radius 1 is 1.20 bits per heavy atom. The number of aryl methyl sites for hydroxylation is 2. The number of halogens is 1. The van der Waals surface area contributed by atoms with E-state index >= 15 is 0 Å². The number of anilines is 1. The van der Waals surface area contributed by atoms with Gasteiger partial charge in [0.05, 0.1) is 11.4 Å². The van der Waals surface area contributed by atoms with Gasteiger partial charge in [-0.3, -0.25) is 9.36 Å². The molecule has 4 rings (SSSR count). The summed E-state index contributed by atoms with van der Waals surface area (Å²) in [5, 5.41) is 6.26. The third kappa shape index (κ3) is 6.63. The van der Waals surface area contributed by atoms with Gasteiger partial charge in [-0.1, -0.05) is 30.0 Å². The Morgan fingerprint density at radius 2 is 2.06 bits per heavy atom. The first-order valence-electron chi connectivity index (χ1n) is 11.7. The second-order valence-corrected chi connectivity index (χ2v) is 9.79. The SMILES string of the molecule is Cc1ccc(C)c(-n2ccnc2SCC(=O)N2CCCC(CNC(=O)Nc3cccc(F)c3)C2)c1. The number of nitrogens with zero attached hydrogens (tertiary/aromatic N) is 3. The zero-order chi connectivity index (χ0) is 24.8. The molecule has 1 fully saturated rings. The number of aromatic nitrogens is 2. The Kier molecular flexibility index (Phi) is 8.07. The molecular weight excluding hydrogens is 465 g/mol. The van der Waals surface area contributed by atoms with Crippen LogP contribution in [-0.2, 0) is 4.79 Å². The number of rotatable bonds is 7. The van der Waals surface area contributed by atoms with Gasteiger partial charge in [0.25, 0.3) is 0 Å². The first-order valence-corrected chi connectivity index (χ1v) is 12.7. The molecule has 2 heterocycles. The van der Waals surface area contributed by atoms with Gasteiger partial charge in [-0.2, -0.15) is 0 Å². The monoisotopic (exact) mass is 495 g/mol. The molecule has 184 valence electrons. The quantitative estimate of drug-likeness (QED) is 0.463. The molecule has 1 aliphatic rings. The minimum absolute atomic E-state index is 0.0689. The van der Waals surface area contributed by atoms with Crippen molar-refractivity contribution < 1.29 is 14.0 Å². The number of urea groups is 1. The molecular formula is C26H30FN5O2S. The molecule has 0 bridgehead atoms. The number of piperidine rings is 1. The zero-order valence-corrected chi connectivity index (χ0v) is 20.8. The van der Waals surface area contributed by atoms with E-state index in [1.54, 1.807) is 18.3 Å². The van der Waals surface area contributed by atoms with Gasteiger partial charge in [-0.05, 0) is 68.0 Å². The van der Waals surface area contributed by atoms with Crippen molar-refractivity contribution in [2.45, 2.75) is 31.8 Å². The Balaban J connectivity index is 1.27. The predicted octanol–water partition coefficient (Wildman–Crippen LogP) is 4.78. The summed E-state index contributed by atoms with van der Waals surface area (Å²) in [6, 6.07) is 11.7. The van der Waals surface area contributed by atoms with Crippen LogP contribution in [0.15, 0.2) is 60.0 Å². The van der Waals surface area contributed by atoms with Crippen molar-refractivity contribution in [1.29, 1.82) is 0 Å². The molecule has 35 heavy (non-hydrogen) atoms. The van der Waals surface area contributed by atoms with Crippen molar-refractivity contribution in [1.82, 2.24) is 19.8 Å². The lowest BCUT2D eigenvalue weighted by atomic mass is 9.98. The van der Waals surface area contributed by atoms with Crippen LogP contribution >= 0.6 is 11.8 Å². The highest BCUT2D eigenvalue weighted by atomic mass is 32.2. The summed E-state index contributed by atoms with van der Waals surface area (Å²) in [6.07, 6.45) is 5.51. The van der Waals surface area contributed by atoms with Crippen molar-refractivity contribution in [2.24, 2.45) is 5.92 Å². The molecule has 2 aromatic carbocycles. The van der Waals surface area contributed by atoms with Gasteiger partial charge in [0.2, 0.25) is 5.91 Å². The first-order chi connectivity index (χ1) is 16.9. The van der Waals surface area contributed by atoms with E-state index in [1.165, 1.54) is 29.5 Å². The van der Waals surface area contributed by atoms with Crippen molar-refractivity contribution in [3.05, 3.63) is 71.8 Å². The number of hydrogen-bond acceptors (Lipinski definition) is 4. The molecule has 0 saturated carbocycles. The fourth-order valence-corrected chi connectivity index (χ4v) is 5.08. The summed E-state index contributed by atoms with van der Waals surface area (Å²) in [4.78, 5) is 31.5. The molecule has 2 N–H and O–H groups in total. The van der Waals surface area contributed by atoms with Gasteiger partial charge in [-0.25, -0.2) is 14.2 Å². The summed E-state index contributed by atoms with van der Waals surface area (Å²) < 4.78 is 15.3. The number of imidazole rings is 1. The van der Waals surface area contributed by atoms with Crippen LogP contribution in [0.3, 0.4) is 0 Å². The van der Waals surface area contributed by atoms with Crippen molar-refractivity contribution >= 4 is 29.4 Å². The molecule has 1 aliphatic heterocycles. The van der Waals surface area contributed by atoms with E-state index in [-0.39, 0.29) is 17.9 Å². The van der Waals surface area contributed by atoms with Gasteiger partial charge < -0.3 is 15.5 Å². The largest absolute Gasteiger partial charge is 0.342 e. The average molecular weight is 496 g/mol. The van der Waals surface area contributed by atoms with Crippen LogP contribution in [0, 0.1) is 25.6 Å². The lowest BCUT2D eigenvalue weighted by Crippen LogP contribution is -2.45. The standard InChI is InChI=1S/C26H30FN5O2S/c1-18-8-9-19(2)23(13-18)32-12-10-28-26(32)35-17-24(33)31-11-4-5-20(16-31)15-29-25(34)30-22-7-3-6-21(27)14-22/h3,6-10,12-14,20H,4-5,11,15-17H2,1-2H3,(H2,29,30,34). The number of likely N-dealkylation sites (tertiary alicyclic amines) is 1. The van der Waals surface area contributed by atoms with Crippen molar-refractivity contribution in [2.75, 3.05) is 30.7 Å².